The van der Waals surface area contributed by atoms with Gasteiger partial charge in [0.15, 0.2) is 16.7 Å². The SMILES string of the molecule is CCc1nc(C(N)=O)c(Nc2ccc(N3CCN(C4CCN(C)CC4)CC3)c(F)c2)nc1Cl. The number of hydrogen-bond acceptors (Lipinski definition) is 7. The Labute approximate surface area is 198 Å². The highest BCUT2D eigenvalue weighted by molar-refractivity contribution is 6.30. The van der Waals surface area contributed by atoms with Gasteiger partial charge in [0.2, 0.25) is 0 Å². The monoisotopic (exact) mass is 475 g/mol. The molecule has 0 radical (unpaired) electrons. The van der Waals surface area contributed by atoms with Crippen LogP contribution in [0.3, 0.4) is 0 Å². The van der Waals surface area contributed by atoms with Crippen LogP contribution in [-0.4, -0.2) is 78.0 Å². The molecular weight excluding hydrogens is 445 g/mol. The van der Waals surface area contributed by atoms with Crippen molar-refractivity contribution in [2.24, 2.45) is 5.73 Å². The Kier molecular flexibility index (Phi) is 7.31. The van der Waals surface area contributed by atoms with E-state index in [1.807, 2.05) is 6.92 Å². The lowest BCUT2D eigenvalue weighted by molar-refractivity contribution is 0.0996. The number of likely N-dealkylation sites (tertiary alicyclic amines) is 1. The molecule has 0 aliphatic carbocycles. The van der Waals surface area contributed by atoms with Crippen molar-refractivity contribution in [3.63, 3.8) is 0 Å². The molecule has 1 aromatic heterocycles. The number of anilines is 3. The van der Waals surface area contributed by atoms with E-state index >= 15 is 4.39 Å². The molecule has 3 N–H and O–H groups in total. The minimum atomic E-state index is -0.726. The lowest BCUT2D eigenvalue weighted by Crippen LogP contribution is -2.53. The van der Waals surface area contributed by atoms with Crippen molar-refractivity contribution < 1.29 is 9.18 Å². The molecule has 1 aromatic carbocycles. The summed E-state index contributed by atoms with van der Waals surface area (Å²) in [5.74, 6) is -0.947. The Bertz CT molecular complexity index is 1000. The normalized spacial score (nSPS) is 18.5. The number of primary amides is 1. The summed E-state index contributed by atoms with van der Waals surface area (Å²) in [5.41, 5.74) is 6.93. The standard InChI is InChI=1S/C23H31ClFN7O/c1-3-18-21(24)29-23(20(28-18)22(26)33)27-15-4-5-19(17(25)14-15)32-12-10-31(11-13-32)16-6-8-30(2)9-7-16/h4-5,14,16H,3,6-13H2,1-2H3,(H2,26,33)(H,27,29). The molecule has 33 heavy (non-hydrogen) atoms. The predicted octanol–water partition coefficient (Wildman–Crippen LogP) is 2.89. The smallest absolute Gasteiger partial charge is 0.271 e. The summed E-state index contributed by atoms with van der Waals surface area (Å²) < 4.78 is 15.0. The van der Waals surface area contributed by atoms with E-state index < -0.39 is 5.91 Å². The Balaban J connectivity index is 1.43. The molecule has 2 aliphatic heterocycles. The highest BCUT2D eigenvalue weighted by Crippen LogP contribution is 2.28. The average molecular weight is 476 g/mol. The number of nitrogens with one attached hydrogen (secondary N) is 1. The number of carbonyl (C=O) groups is 1. The number of carbonyl (C=O) groups excluding carboxylic acids is 1. The number of amides is 1. The fourth-order valence-corrected chi connectivity index (χ4v) is 4.86. The number of nitrogens with two attached hydrogens (primary N) is 1. The zero-order valence-electron chi connectivity index (χ0n) is 19.2. The van der Waals surface area contributed by atoms with E-state index in [4.69, 9.17) is 17.3 Å². The fraction of sp³-hybridized carbons (Fsp3) is 0.522. The molecule has 2 aromatic rings. The van der Waals surface area contributed by atoms with Gasteiger partial charge in [-0.3, -0.25) is 9.69 Å². The van der Waals surface area contributed by atoms with Gasteiger partial charge in [-0.1, -0.05) is 18.5 Å². The number of nitrogens with zero attached hydrogens (tertiary/aromatic N) is 5. The Morgan fingerprint density at radius 3 is 2.48 bits per heavy atom. The maximum atomic E-state index is 15.0. The summed E-state index contributed by atoms with van der Waals surface area (Å²) in [6, 6.07) is 5.54. The van der Waals surface area contributed by atoms with Gasteiger partial charge in [-0.2, -0.15) is 0 Å². The van der Waals surface area contributed by atoms with Crippen molar-refractivity contribution in [2.75, 3.05) is 56.5 Å². The number of aryl methyl sites for hydroxylation is 1. The number of hydrogen-bond donors (Lipinski definition) is 2. The van der Waals surface area contributed by atoms with Crippen molar-refractivity contribution >= 4 is 34.7 Å². The zero-order chi connectivity index (χ0) is 23.5. The zero-order valence-corrected chi connectivity index (χ0v) is 19.9. The van der Waals surface area contributed by atoms with Crippen LogP contribution in [-0.2, 0) is 6.42 Å². The minimum absolute atomic E-state index is 0.0224. The fourth-order valence-electron chi connectivity index (χ4n) is 4.60. The van der Waals surface area contributed by atoms with Crippen LogP contribution < -0.4 is 16.0 Å². The van der Waals surface area contributed by atoms with Gasteiger partial charge in [0.25, 0.3) is 5.91 Å². The Hall–Kier alpha value is -2.49. The van der Waals surface area contributed by atoms with Gasteiger partial charge in [0.05, 0.1) is 11.4 Å². The molecule has 2 aliphatic rings. The molecule has 0 bridgehead atoms. The summed E-state index contributed by atoms with van der Waals surface area (Å²) in [6.45, 7) is 7.60. The summed E-state index contributed by atoms with van der Waals surface area (Å²) in [4.78, 5) is 27.3. The van der Waals surface area contributed by atoms with Gasteiger partial charge in [-0.25, -0.2) is 14.4 Å². The number of halogens is 2. The van der Waals surface area contributed by atoms with Gasteiger partial charge < -0.3 is 20.9 Å². The van der Waals surface area contributed by atoms with E-state index in [9.17, 15) is 4.79 Å². The van der Waals surface area contributed by atoms with Crippen molar-refractivity contribution in [3.05, 3.63) is 40.6 Å². The van der Waals surface area contributed by atoms with Gasteiger partial charge in [0.1, 0.15) is 5.82 Å². The maximum Gasteiger partial charge on any atom is 0.271 e. The summed E-state index contributed by atoms with van der Waals surface area (Å²) >= 11 is 6.15. The maximum absolute atomic E-state index is 15.0. The molecule has 2 saturated heterocycles. The van der Waals surface area contributed by atoms with Crippen LogP contribution in [0.25, 0.3) is 0 Å². The second kappa shape index (κ2) is 10.2. The molecule has 0 saturated carbocycles. The molecule has 3 heterocycles. The van der Waals surface area contributed by atoms with E-state index in [-0.39, 0.29) is 22.5 Å². The molecule has 10 heteroatoms. The number of rotatable bonds is 6. The van der Waals surface area contributed by atoms with Crippen molar-refractivity contribution in [3.8, 4) is 0 Å². The third-order valence-corrected chi connectivity index (χ3v) is 6.86. The molecule has 4 rings (SSSR count). The quantitative estimate of drug-likeness (QED) is 0.663. The Morgan fingerprint density at radius 2 is 1.88 bits per heavy atom. The van der Waals surface area contributed by atoms with E-state index in [1.165, 1.54) is 18.9 Å². The van der Waals surface area contributed by atoms with E-state index in [0.717, 1.165) is 39.3 Å². The van der Waals surface area contributed by atoms with Crippen LogP contribution in [0.1, 0.15) is 35.9 Å². The third-order valence-electron chi connectivity index (χ3n) is 6.56. The molecule has 2 fully saturated rings. The number of piperidine rings is 1. The summed E-state index contributed by atoms with van der Waals surface area (Å²) in [7, 11) is 2.17. The first-order valence-corrected chi connectivity index (χ1v) is 11.8. The second-order valence-corrected chi connectivity index (χ2v) is 9.08. The van der Waals surface area contributed by atoms with Gasteiger partial charge >= 0.3 is 0 Å². The summed E-state index contributed by atoms with van der Waals surface area (Å²) in [6.07, 6.45) is 2.91. The molecule has 1 amide bonds. The average Bonchev–Trinajstić information content (AvgIpc) is 2.80. The first kappa shape index (κ1) is 23.7. The largest absolute Gasteiger partial charge is 0.367 e. The highest BCUT2D eigenvalue weighted by Gasteiger charge is 2.27. The second-order valence-electron chi connectivity index (χ2n) is 8.72. The van der Waals surface area contributed by atoms with Gasteiger partial charge in [-0.15, -0.1) is 0 Å². The van der Waals surface area contributed by atoms with Crippen molar-refractivity contribution in [1.29, 1.82) is 0 Å². The predicted molar refractivity (Wildman–Crippen MR) is 129 cm³/mol. The molecule has 8 nitrogen and oxygen atoms in total. The molecular formula is C23H31ClFN7O. The van der Waals surface area contributed by atoms with E-state index in [0.29, 0.717) is 29.5 Å². The topological polar surface area (TPSA) is 90.6 Å². The molecule has 0 unspecified atom stereocenters. The molecule has 0 spiro atoms. The summed E-state index contributed by atoms with van der Waals surface area (Å²) in [5, 5.41) is 3.13. The van der Waals surface area contributed by atoms with Crippen molar-refractivity contribution in [2.45, 2.75) is 32.2 Å². The molecule has 178 valence electrons. The van der Waals surface area contributed by atoms with E-state index in [2.05, 4.69) is 37.0 Å². The number of piperazine rings is 1. The Morgan fingerprint density at radius 1 is 1.18 bits per heavy atom. The number of aromatic nitrogens is 2. The highest BCUT2D eigenvalue weighted by atomic mass is 35.5. The van der Waals surface area contributed by atoms with E-state index in [1.54, 1.807) is 12.1 Å². The first-order valence-electron chi connectivity index (χ1n) is 11.5. The molecule has 0 atom stereocenters. The van der Waals surface area contributed by atoms with Crippen LogP contribution in [0.5, 0.6) is 0 Å². The number of benzene rings is 1. The lowest BCUT2D eigenvalue weighted by Gasteiger charge is -2.42. The van der Waals surface area contributed by atoms with Gasteiger partial charge in [0, 0.05) is 37.9 Å². The van der Waals surface area contributed by atoms with Crippen LogP contribution in [0.4, 0.5) is 21.6 Å². The van der Waals surface area contributed by atoms with Crippen LogP contribution >= 0.6 is 11.6 Å². The first-order chi connectivity index (χ1) is 15.9. The van der Waals surface area contributed by atoms with Gasteiger partial charge in [-0.05, 0) is 57.6 Å². The third kappa shape index (κ3) is 5.37. The van der Waals surface area contributed by atoms with Crippen LogP contribution in [0.2, 0.25) is 5.15 Å². The minimum Gasteiger partial charge on any atom is -0.367 e. The van der Waals surface area contributed by atoms with Crippen LogP contribution in [0, 0.1) is 5.82 Å². The van der Waals surface area contributed by atoms with Crippen molar-refractivity contribution in [1.82, 2.24) is 19.8 Å². The lowest BCUT2D eigenvalue weighted by atomic mass is 10.0. The van der Waals surface area contributed by atoms with Crippen LogP contribution in [0.15, 0.2) is 18.2 Å².